The van der Waals surface area contributed by atoms with E-state index in [-0.39, 0.29) is 11.5 Å². The van der Waals surface area contributed by atoms with Crippen LogP contribution in [0.2, 0.25) is 0 Å². The molecule has 2 aromatic rings. The summed E-state index contributed by atoms with van der Waals surface area (Å²) >= 11 is 0. The molecule has 1 unspecified atom stereocenters. The van der Waals surface area contributed by atoms with Crippen LogP contribution in [-0.2, 0) is 9.84 Å². The van der Waals surface area contributed by atoms with E-state index < -0.39 is 15.1 Å². The molecule has 1 N–H and O–H groups in total. The second-order valence-corrected chi connectivity index (χ2v) is 6.83. The Bertz CT molecular complexity index is 693. The monoisotopic (exact) mass is 267 g/mol. The Morgan fingerprint density at radius 1 is 1.28 bits per heavy atom. The van der Waals surface area contributed by atoms with E-state index in [0.717, 1.165) is 6.42 Å². The molecule has 6 nitrogen and oxygen atoms in total. The van der Waals surface area contributed by atoms with Crippen LogP contribution >= 0.6 is 0 Å². The summed E-state index contributed by atoms with van der Waals surface area (Å²) < 4.78 is 25.7. The smallest absolute Gasteiger partial charge is 0.161 e. The van der Waals surface area contributed by atoms with Gasteiger partial charge in [0.1, 0.15) is 11.0 Å². The number of pyridine rings is 1. The molecule has 1 saturated heterocycles. The van der Waals surface area contributed by atoms with E-state index in [1.54, 1.807) is 10.5 Å². The van der Waals surface area contributed by atoms with E-state index in [1.165, 1.54) is 12.3 Å². The molecule has 1 fully saturated rings. The summed E-state index contributed by atoms with van der Waals surface area (Å²) in [5, 5.41) is 16.8. The van der Waals surface area contributed by atoms with Crippen molar-refractivity contribution in [2.45, 2.75) is 24.5 Å². The highest BCUT2D eigenvalue weighted by Crippen LogP contribution is 2.32. The summed E-state index contributed by atoms with van der Waals surface area (Å²) in [6, 6.07) is 3.12. The summed E-state index contributed by atoms with van der Waals surface area (Å²) in [5.74, 6) is 0.670. The van der Waals surface area contributed by atoms with Gasteiger partial charge < -0.3 is 5.11 Å². The number of nitrogens with zero attached hydrogens (tertiary/aromatic N) is 3. The van der Waals surface area contributed by atoms with Crippen LogP contribution < -0.4 is 0 Å². The van der Waals surface area contributed by atoms with Crippen molar-refractivity contribution in [3.63, 3.8) is 0 Å². The minimum Gasteiger partial charge on any atom is -0.506 e. The zero-order valence-corrected chi connectivity index (χ0v) is 10.5. The summed E-state index contributed by atoms with van der Waals surface area (Å²) in [5.41, 5.74) is 0.545. The largest absolute Gasteiger partial charge is 0.506 e. The fraction of sp³-hybridized carbons (Fsp3) is 0.455. The van der Waals surface area contributed by atoms with Crippen molar-refractivity contribution in [1.82, 2.24) is 14.6 Å². The normalized spacial score (nSPS) is 23.2. The third kappa shape index (κ3) is 1.74. The molecule has 1 aliphatic rings. The molecule has 7 heteroatoms. The van der Waals surface area contributed by atoms with Crippen LogP contribution in [-0.4, -0.2) is 33.9 Å². The van der Waals surface area contributed by atoms with Gasteiger partial charge in [-0.2, -0.15) is 0 Å². The van der Waals surface area contributed by atoms with Gasteiger partial charge in [-0.1, -0.05) is 6.42 Å². The van der Waals surface area contributed by atoms with Gasteiger partial charge in [-0.25, -0.2) is 8.42 Å². The molecular formula is C11H13N3O3S. The third-order valence-electron chi connectivity index (χ3n) is 3.28. The standard InChI is InChI=1S/C11H13N3O3S/c15-8-4-5-10-12-13-11(14(10)7-8)9-3-1-2-6-18(9,16)17/h4-5,7,9,15H,1-3,6H2. The molecule has 0 aromatic carbocycles. The Hall–Kier alpha value is -1.63. The molecule has 1 aliphatic heterocycles. The zero-order valence-electron chi connectivity index (χ0n) is 9.65. The molecule has 0 amide bonds. The quantitative estimate of drug-likeness (QED) is 0.835. The molecule has 0 saturated carbocycles. The highest BCUT2D eigenvalue weighted by atomic mass is 32.2. The van der Waals surface area contributed by atoms with E-state index in [4.69, 9.17) is 0 Å². The summed E-state index contributed by atoms with van der Waals surface area (Å²) in [4.78, 5) is 0. The topological polar surface area (TPSA) is 84.6 Å². The van der Waals surface area contributed by atoms with E-state index in [2.05, 4.69) is 10.2 Å². The molecule has 0 bridgehead atoms. The van der Waals surface area contributed by atoms with Gasteiger partial charge in [-0.15, -0.1) is 10.2 Å². The van der Waals surface area contributed by atoms with Crippen LogP contribution in [0.5, 0.6) is 5.75 Å². The molecule has 0 radical (unpaired) electrons. The number of aromatic nitrogens is 3. The Morgan fingerprint density at radius 3 is 2.89 bits per heavy atom. The fourth-order valence-electron chi connectivity index (χ4n) is 2.36. The molecule has 0 aliphatic carbocycles. The van der Waals surface area contributed by atoms with Crippen molar-refractivity contribution >= 4 is 15.5 Å². The lowest BCUT2D eigenvalue weighted by Crippen LogP contribution is -2.23. The van der Waals surface area contributed by atoms with Crippen molar-refractivity contribution in [2.24, 2.45) is 0 Å². The Morgan fingerprint density at radius 2 is 2.11 bits per heavy atom. The van der Waals surface area contributed by atoms with E-state index in [1.807, 2.05) is 0 Å². The maximum atomic E-state index is 12.1. The number of hydrogen-bond donors (Lipinski definition) is 1. The van der Waals surface area contributed by atoms with Gasteiger partial charge in [0.2, 0.25) is 0 Å². The first-order valence-electron chi connectivity index (χ1n) is 5.83. The van der Waals surface area contributed by atoms with E-state index >= 15 is 0 Å². The maximum Gasteiger partial charge on any atom is 0.161 e. The molecule has 1 atom stereocenters. The van der Waals surface area contributed by atoms with Crippen LogP contribution in [0.1, 0.15) is 30.3 Å². The first-order valence-corrected chi connectivity index (χ1v) is 7.55. The van der Waals surface area contributed by atoms with Crippen molar-refractivity contribution in [2.75, 3.05) is 5.75 Å². The van der Waals surface area contributed by atoms with Crippen molar-refractivity contribution in [1.29, 1.82) is 0 Å². The summed E-state index contributed by atoms with van der Waals surface area (Å²) in [6.07, 6.45) is 3.60. The van der Waals surface area contributed by atoms with Gasteiger partial charge in [0, 0.05) is 0 Å². The second-order valence-electron chi connectivity index (χ2n) is 4.53. The first kappa shape index (κ1) is 11.5. The van der Waals surface area contributed by atoms with Gasteiger partial charge in [-0.05, 0) is 25.0 Å². The second kappa shape index (κ2) is 3.94. The highest BCUT2D eigenvalue weighted by Gasteiger charge is 2.33. The van der Waals surface area contributed by atoms with Gasteiger partial charge in [0.05, 0.1) is 11.9 Å². The zero-order chi connectivity index (χ0) is 12.8. The van der Waals surface area contributed by atoms with Gasteiger partial charge in [-0.3, -0.25) is 4.40 Å². The SMILES string of the molecule is O=S1(=O)CCCCC1c1nnc2ccc(O)cn12. The van der Waals surface area contributed by atoms with Crippen LogP contribution in [0.4, 0.5) is 0 Å². The number of fused-ring (bicyclic) bond motifs is 1. The van der Waals surface area contributed by atoms with Gasteiger partial charge in [0.15, 0.2) is 21.3 Å². The number of hydrogen-bond acceptors (Lipinski definition) is 5. The van der Waals surface area contributed by atoms with Gasteiger partial charge >= 0.3 is 0 Å². The summed E-state index contributed by atoms with van der Waals surface area (Å²) in [7, 11) is -3.16. The molecular weight excluding hydrogens is 254 g/mol. The Kier molecular flexibility index (Phi) is 2.51. The maximum absolute atomic E-state index is 12.1. The molecule has 3 heterocycles. The lowest BCUT2D eigenvalue weighted by atomic mass is 10.2. The predicted molar refractivity (Wildman–Crippen MR) is 65.0 cm³/mol. The van der Waals surface area contributed by atoms with E-state index in [9.17, 15) is 13.5 Å². The average molecular weight is 267 g/mol. The van der Waals surface area contributed by atoms with Crippen molar-refractivity contribution in [3.05, 3.63) is 24.2 Å². The first-order chi connectivity index (χ1) is 8.58. The Labute approximate surface area is 104 Å². The molecule has 96 valence electrons. The van der Waals surface area contributed by atoms with Crippen molar-refractivity contribution in [3.8, 4) is 5.75 Å². The number of rotatable bonds is 1. The van der Waals surface area contributed by atoms with Crippen LogP contribution in [0, 0.1) is 0 Å². The minimum absolute atomic E-state index is 0.0664. The predicted octanol–water partition coefficient (Wildman–Crippen LogP) is 1.07. The minimum atomic E-state index is -3.16. The summed E-state index contributed by atoms with van der Waals surface area (Å²) in [6.45, 7) is 0. The highest BCUT2D eigenvalue weighted by molar-refractivity contribution is 7.91. The van der Waals surface area contributed by atoms with Gasteiger partial charge in [0.25, 0.3) is 0 Å². The van der Waals surface area contributed by atoms with Crippen LogP contribution in [0.15, 0.2) is 18.3 Å². The van der Waals surface area contributed by atoms with Crippen LogP contribution in [0.3, 0.4) is 0 Å². The fourth-order valence-corrected chi connectivity index (χ4v) is 4.26. The lowest BCUT2D eigenvalue weighted by Gasteiger charge is -2.20. The van der Waals surface area contributed by atoms with E-state index in [0.29, 0.717) is 24.3 Å². The van der Waals surface area contributed by atoms with Crippen LogP contribution in [0.25, 0.3) is 5.65 Å². The molecule has 18 heavy (non-hydrogen) atoms. The lowest BCUT2D eigenvalue weighted by molar-refractivity contribution is 0.471. The third-order valence-corrected chi connectivity index (χ3v) is 5.45. The Balaban J connectivity index is 2.16. The van der Waals surface area contributed by atoms with Crippen molar-refractivity contribution < 1.29 is 13.5 Å². The average Bonchev–Trinajstić information content (AvgIpc) is 2.71. The number of aromatic hydroxyl groups is 1. The molecule has 0 spiro atoms. The number of sulfone groups is 1. The molecule has 2 aromatic heterocycles. The molecule has 3 rings (SSSR count).